The molecule has 0 radical (unpaired) electrons. The zero-order chi connectivity index (χ0) is 12.3. The first-order valence-corrected chi connectivity index (χ1v) is 7.46. The van der Waals surface area contributed by atoms with Crippen LogP contribution in [0.3, 0.4) is 0 Å². The first kappa shape index (κ1) is 13.1. The Morgan fingerprint density at radius 3 is 2.76 bits per heavy atom. The predicted octanol–water partition coefficient (Wildman–Crippen LogP) is 4.68. The Morgan fingerprint density at radius 1 is 1.29 bits per heavy atom. The molecule has 2 rings (SSSR count). The third kappa shape index (κ3) is 3.56. The van der Waals surface area contributed by atoms with Gasteiger partial charge in [0, 0.05) is 16.6 Å². The van der Waals surface area contributed by atoms with Gasteiger partial charge in [0.15, 0.2) is 0 Å². The van der Waals surface area contributed by atoms with Gasteiger partial charge in [-0.05, 0) is 37.3 Å². The summed E-state index contributed by atoms with van der Waals surface area (Å²) in [6.07, 6.45) is 5.44. The Morgan fingerprint density at radius 2 is 2.06 bits per heavy atom. The molecule has 17 heavy (non-hydrogen) atoms. The molecule has 2 unspecified atom stereocenters. The minimum atomic E-state index is 0.431. The summed E-state index contributed by atoms with van der Waals surface area (Å²) < 4.78 is 1.21. The Hall–Kier alpha value is -0.340. The zero-order valence-corrected chi connectivity index (χ0v) is 12.3. The van der Waals surface area contributed by atoms with Crippen molar-refractivity contribution in [1.29, 1.82) is 0 Å². The maximum absolute atomic E-state index is 3.78. The maximum atomic E-state index is 3.78. The van der Waals surface area contributed by atoms with E-state index in [1.54, 1.807) is 0 Å². The summed E-state index contributed by atoms with van der Waals surface area (Å²) >= 11 is 3.63. The number of benzene rings is 1. The van der Waals surface area contributed by atoms with Crippen LogP contribution in [0.2, 0.25) is 0 Å². The average Bonchev–Trinajstić information content (AvgIpc) is 2.29. The third-order valence-corrected chi connectivity index (χ3v) is 4.52. The lowest BCUT2D eigenvalue weighted by atomic mass is 9.86. The fraction of sp³-hybridized carbons (Fsp3) is 0.600. The molecule has 1 saturated carbocycles. The summed E-state index contributed by atoms with van der Waals surface area (Å²) in [4.78, 5) is 0. The summed E-state index contributed by atoms with van der Waals surface area (Å²) in [5, 5.41) is 3.78. The smallest absolute Gasteiger partial charge is 0.0305 e. The quantitative estimate of drug-likeness (QED) is 0.854. The van der Waals surface area contributed by atoms with Gasteiger partial charge in [0.2, 0.25) is 0 Å². The lowest BCUT2D eigenvalue weighted by molar-refractivity contribution is 0.285. The zero-order valence-electron chi connectivity index (χ0n) is 10.7. The van der Waals surface area contributed by atoms with E-state index in [4.69, 9.17) is 0 Å². The van der Waals surface area contributed by atoms with Crippen molar-refractivity contribution in [2.75, 3.05) is 0 Å². The second-order valence-electron chi connectivity index (χ2n) is 5.38. The van der Waals surface area contributed by atoms with Crippen molar-refractivity contribution in [3.8, 4) is 0 Å². The van der Waals surface area contributed by atoms with Crippen molar-refractivity contribution in [3.05, 3.63) is 34.3 Å². The largest absolute Gasteiger partial charge is 0.307 e. The monoisotopic (exact) mass is 295 g/mol. The minimum Gasteiger partial charge on any atom is -0.307 e. The Bertz CT molecular complexity index is 364. The molecule has 0 spiro atoms. The van der Waals surface area contributed by atoms with Crippen molar-refractivity contribution in [2.24, 2.45) is 5.92 Å². The molecule has 1 aliphatic rings. The highest BCUT2D eigenvalue weighted by molar-refractivity contribution is 9.10. The van der Waals surface area contributed by atoms with Gasteiger partial charge in [-0.15, -0.1) is 0 Å². The van der Waals surface area contributed by atoms with Crippen LogP contribution in [-0.4, -0.2) is 6.04 Å². The molecule has 94 valence electrons. The van der Waals surface area contributed by atoms with E-state index in [0.29, 0.717) is 12.1 Å². The van der Waals surface area contributed by atoms with E-state index < -0.39 is 0 Å². The van der Waals surface area contributed by atoms with Gasteiger partial charge in [0.05, 0.1) is 0 Å². The van der Waals surface area contributed by atoms with Crippen molar-refractivity contribution in [3.63, 3.8) is 0 Å². The fourth-order valence-electron chi connectivity index (χ4n) is 2.86. The molecule has 2 heteroatoms. The van der Waals surface area contributed by atoms with Crippen LogP contribution in [0.15, 0.2) is 28.7 Å². The number of nitrogens with one attached hydrogen (secondary N) is 1. The van der Waals surface area contributed by atoms with Gasteiger partial charge >= 0.3 is 0 Å². The second-order valence-corrected chi connectivity index (χ2v) is 6.23. The SMILES string of the molecule is CC1CCCC(N[C@H](C)c2ccccc2Br)C1. The maximum Gasteiger partial charge on any atom is 0.0305 e. The molecule has 0 aliphatic heterocycles. The molecule has 0 aromatic heterocycles. The Labute approximate surface area is 113 Å². The summed E-state index contributed by atoms with van der Waals surface area (Å²) in [5.74, 6) is 0.882. The molecule has 0 saturated heterocycles. The highest BCUT2D eigenvalue weighted by atomic mass is 79.9. The normalized spacial score (nSPS) is 26.8. The van der Waals surface area contributed by atoms with Gasteiger partial charge in [-0.25, -0.2) is 0 Å². The van der Waals surface area contributed by atoms with E-state index in [9.17, 15) is 0 Å². The lowest BCUT2D eigenvalue weighted by Gasteiger charge is -2.30. The fourth-order valence-corrected chi connectivity index (χ4v) is 3.48. The molecule has 3 atom stereocenters. The molecular formula is C15H22BrN. The lowest BCUT2D eigenvalue weighted by Crippen LogP contribution is -2.35. The van der Waals surface area contributed by atoms with Crippen LogP contribution in [-0.2, 0) is 0 Å². The van der Waals surface area contributed by atoms with Crippen LogP contribution in [0, 0.1) is 5.92 Å². The van der Waals surface area contributed by atoms with E-state index in [1.165, 1.54) is 35.7 Å². The topological polar surface area (TPSA) is 12.0 Å². The van der Waals surface area contributed by atoms with Crippen LogP contribution >= 0.6 is 15.9 Å². The van der Waals surface area contributed by atoms with Crippen LogP contribution in [0.4, 0.5) is 0 Å². The average molecular weight is 296 g/mol. The van der Waals surface area contributed by atoms with Gasteiger partial charge in [-0.2, -0.15) is 0 Å². The van der Waals surface area contributed by atoms with E-state index >= 15 is 0 Å². The first-order chi connectivity index (χ1) is 8.16. The Balaban J connectivity index is 1.97. The van der Waals surface area contributed by atoms with Crippen LogP contribution in [0.25, 0.3) is 0 Å². The molecule has 1 N–H and O–H groups in total. The van der Waals surface area contributed by atoms with Gasteiger partial charge in [0.1, 0.15) is 0 Å². The summed E-state index contributed by atoms with van der Waals surface area (Å²) in [7, 11) is 0. The van der Waals surface area contributed by atoms with E-state index in [0.717, 1.165) is 5.92 Å². The van der Waals surface area contributed by atoms with Crippen LogP contribution in [0.5, 0.6) is 0 Å². The number of hydrogen-bond donors (Lipinski definition) is 1. The Kier molecular flexibility index (Phi) is 4.63. The van der Waals surface area contributed by atoms with E-state index in [1.807, 2.05) is 0 Å². The molecule has 1 aromatic rings. The molecule has 1 nitrogen and oxygen atoms in total. The molecule has 0 amide bonds. The van der Waals surface area contributed by atoms with Gasteiger partial charge in [-0.1, -0.05) is 53.9 Å². The second kappa shape index (κ2) is 6.01. The minimum absolute atomic E-state index is 0.431. The number of hydrogen-bond acceptors (Lipinski definition) is 1. The number of rotatable bonds is 3. The molecular weight excluding hydrogens is 274 g/mol. The van der Waals surface area contributed by atoms with Crippen molar-refractivity contribution in [2.45, 2.75) is 51.6 Å². The van der Waals surface area contributed by atoms with Crippen molar-refractivity contribution < 1.29 is 0 Å². The summed E-state index contributed by atoms with van der Waals surface area (Å²) in [6.45, 7) is 4.64. The van der Waals surface area contributed by atoms with E-state index in [2.05, 4.69) is 59.4 Å². The van der Waals surface area contributed by atoms with Crippen LogP contribution < -0.4 is 5.32 Å². The molecule has 0 heterocycles. The summed E-state index contributed by atoms with van der Waals surface area (Å²) in [5.41, 5.74) is 1.37. The van der Waals surface area contributed by atoms with Gasteiger partial charge < -0.3 is 5.32 Å². The molecule has 0 bridgehead atoms. The van der Waals surface area contributed by atoms with E-state index in [-0.39, 0.29) is 0 Å². The van der Waals surface area contributed by atoms with Crippen molar-refractivity contribution in [1.82, 2.24) is 5.32 Å². The third-order valence-electron chi connectivity index (χ3n) is 3.79. The van der Waals surface area contributed by atoms with Crippen LogP contribution in [0.1, 0.15) is 51.1 Å². The highest BCUT2D eigenvalue weighted by Crippen LogP contribution is 2.28. The first-order valence-electron chi connectivity index (χ1n) is 6.67. The van der Waals surface area contributed by atoms with Crippen molar-refractivity contribution >= 4 is 15.9 Å². The van der Waals surface area contributed by atoms with Gasteiger partial charge in [-0.3, -0.25) is 0 Å². The standard InChI is InChI=1S/C15H22BrN/c1-11-6-5-7-13(10-11)17-12(2)14-8-3-4-9-15(14)16/h3-4,8-9,11-13,17H,5-7,10H2,1-2H3/t11?,12-,13?/m1/s1. The highest BCUT2D eigenvalue weighted by Gasteiger charge is 2.21. The number of halogens is 1. The molecule has 1 aliphatic carbocycles. The predicted molar refractivity (Wildman–Crippen MR) is 77.1 cm³/mol. The molecule has 1 fully saturated rings. The molecule has 1 aromatic carbocycles. The van der Waals surface area contributed by atoms with Gasteiger partial charge in [0.25, 0.3) is 0 Å². The summed E-state index contributed by atoms with van der Waals surface area (Å²) in [6, 6.07) is 9.64.